The Morgan fingerprint density at radius 3 is 2.22 bits per heavy atom. The molecule has 1 saturated heterocycles. The molecule has 0 aromatic heterocycles. The molecule has 7 heteroatoms. The number of carbonyl (C=O) groups excluding carboxylic acids is 3. The molecule has 0 saturated carbocycles. The molecular formula is C20H17N3O4. The van der Waals surface area contributed by atoms with Crippen LogP contribution in [0.5, 0.6) is 5.75 Å². The summed E-state index contributed by atoms with van der Waals surface area (Å²) in [6.07, 6.45) is 0. The van der Waals surface area contributed by atoms with Crippen LogP contribution in [-0.2, 0) is 14.4 Å². The minimum Gasteiger partial charge on any atom is -0.497 e. The third kappa shape index (κ3) is 2.59. The second kappa shape index (κ2) is 6.35. The number of fused-ring (bicyclic) bond motifs is 1. The highest BCUT2D eigenvalue weighted by atomic mass is 16.5. The van der Waals surface area contributed by atoms with Crippen LogP contribution in [0.3, 0.4) is 0 Å². The summed E-state index contributed by atoms with van der Waals surface area (Å²) >= 11 is 0. The zero-order valence-electron chi connectivity index (χ0n) is 14.8. The molecule has 0 N–H and O–H groups in total. The molecule has 2 aromatic rings. The molecule has 136 valence electrons. The molecule has 0 spiro atoms. The number of Topliss-reactive ketones (excluding diaryl/α,β-unsaturated/α-hetero) is 1. The lowest BCUT2D eigenvalue weighted by atomic mass is 9.95. The van der Waals surface area contributed by atoms with Crippen molar-refractivity contribution in [1.29, 1.82) is 0 Å². The molecule has 0 radical (unpaired) electrons. The van der Waals surface area contributed by atoms with E-state index in [-0.39, 0.29) is 11.5 Å². The number of para-hydroxylation sites is 1. The van der Waals surface area contributed by atoms with Crippen LogP contribution in [0.4, 0.5) is 11.4 Å². The zero-order chi connectivity index (χ0) is 19.1. The number of hydrazone groups is 1. The van der Waals surface area contributed by atoms with Gasteiger partial charge in [0.1, 0.15) is 23.4 Å². The van der Waals surface area contributed by atoms with Gasteiger partial charge in [0.05, 0.1) is 18.5 Å². The maximum atomic E-state index is 13.1. The molecule has 2 aromatic carbocycles. The fraction of sp³-hybridized carbons (Fsp3) is 0.200. The average Bonchev–Trinajstić information content (AvgIpc) is 3.20. The highest BCUT2D eigenvalue weighted by molar-refractivity contribution is 6.48. The monoisotopic (exact) mass is 363 g/mol. The van der Waals surface area contributed by atoms with Crippen LogP contribution in [0.1, 0.15) is 6.92 Å². The van der Waals surface area contributed by atoms with E-state index < -0.39 is 23.8 Å². The quantitative estimate of drug-likeness (QED) is 0.777. The standard InChI is InChI=1S/C20H17N3O4/c1-12(24)17-16-18(23(21-17)14-8-10-15(27-2)11-9-14)20(26)22(19(16)25)13-6-4-3-5-7-13/h3-11,16,18H,1-2H3/t16-,18-/m0/s1. The van der Waals surface area contributed by atoms with Gasteiger partial charge in [-0.3, -0.25) is 19.4 Å². The van der Waals surface area contributed by atoms with Crippen LogP contribution in [-0.4, -0.2) is 36.5 Å². The number of anilines is 2. The predicted molar refractivity (Wildman–Crippen MR) is 99.8 cm³/mol. The van der Waals surface area contributed by atoms with Crippen molar-refractivity contribution < 1.29 is 19.1 Å². The van der Waals surface area contributed by atoms with Crippen LogP contribution in [0.2, 0.25) is 0 Å². The Morgan fingerprint density at radius 1 is 0.963 bits per heavy atom. The highest BCUT2D eigenvalue weighted by Crippen LogP contribution is 2.38. The molecule has 1 fully saturated rings. The van der Waals surface area contributed by atoms with Gasteiger partial charge in [-0.05, 0) is 36.4 Å². The third-order valence-electron chi connectivity index (χ3n) is 4.76. The summed E-state index contributed by atoms with van der Waals surface area (Å²) in [5.74, 6) is -1.40. The van der Waals surface area contributed by atoms with Crippen molar-refractivity contribution in [1.82, 2.24) is 0 Å². The number of amides is 2. The summed E-state index contributed by atoms with van der Waals surface area (Å²) in [5, 5.41) is 5.78. The highest BCUT2D eigenvalue weighted by Gasteiger charge is 2.58. The second-order valence-electron chi connectivity index (χ2n) is 6.35. The topological polar surface area (TPSA) is 79.3 Å². The number of carbonyl (C=O) groups is 3. The third-order valence-corrected chi connectivity index (χ3v) is 4.76. The summed E-state index contributed by atoms with van der Waals surface area (Å²) in [5.41, 5.74) is 1.20. The van der Waals surface area contributed by atoms with Crippen molar-refractivity contribution in [2.45, 2.75) is 13.0 Å². The van der Waals surface area contributed by atoms with Crippen molar-refractivity contribution in [3.63, 3.8) is 0 Å². The van der Waals surface area contributed by atoms with E-state index in [1.807, 2.05) is 6.07 Å². The molecule has 0 unspecified atom stereocenters. The van der Waals surface area contributed by atoms with Crippen LogP contribution in [0, 0.1) is 5.92 Å². The summed E-state index contributed by atoms with van der Waals surface area (Å²) in [6.45, 7) is 1.36. The van der Waals surface area contributed by atoms with Gasteiger partial charge in [0.25, 0.3) is 5.91 Å². The molecule has 7 nitrogen and oxygen atoms in total. The summed E-state index contributed by atoms with van der Waals surface area (Å²) in [7, 11) is 1.56. The molecule has 0 bridgehead atoms. The Labute approximate surface area is 155 Å². The Kier molecular flexibility index (Phi) is 3.99. The van der Waals surface area contributed by atoms with E-state index >= 15 is 0 Å². The maximum absolute atomic E-state index is 13.1. The first kappa shape index (κ1) is 17.0. The van der Waals surface area contributed by atoms with E-state index in [9.17, 15) is 14.4 Å². The van der Waals surface area contributed by atoms with Gasteiger partial charge in [-0.1, -0.05) is 18.2 Å². The van der Waals surface area contributed by atoms with Gasteiger partial charge in [0, 0.05) is 6.92 Å². The lowest BCUT2D eigenvalue weighted by molar-refractivity contribution is -0.122. The van der Waals surface area contributed by atoms with Crippen LogP contribution in [0.25, 0.3) is 0 Å². The number of hydrogen-bond donors (Lipinski definition) is 0. The molecule has 2 atom stereocenters. The van der Waals surface area contributed by atoms with Gasteiger partial charge in [-0.15, -0.1) is 0 Å². The van der Waals surface area contributed by atoms with Gasteiger partial charge >= 0.3 is 0 Å². The fourth-order valence-corrected chi connectivity index (χ4v) is 3.48. The maximum Gasteiger partial charge on any atom is 0.259 e. The van der Waals surface area contributed by atoms with E-state index in [4.69, 9.17) is 4.74 Å². The zero-order valence-corrected chi connectivity index (χ0v) is 14.8. The molecule has 4 rings (SSSR count). The second-order valence-corrected chi connectivity index (χ2v) is 6.35. The number of benzene rings is 2. The predicted octanol–water partition coefficient (Wildman–Crippen LogP) is 2.02. The first-order chi connectivity index (χ1) is 13.0. The number of methoxy groups -OCH3 is 1. The summed E-state index contributed by atoms with van der Waals surface area (Å²) in [6, 6.07) is 14.8. The fourth-order valence-electron chi connectivity index (χ4n) is 3.48. The summed E-state index contributed by atoms with van der Waals surface area (Å²) in [4.78, 5) is 39.4. The van der Waals surface area contributed by atoms with Gasteiger partial charge in [0.15, 0.2) is 5.78 Å². The summed E-state index contributed by atoms with van der Waals surface area (Å²) < 4.78 is 5.15. The Bertz CT molecular complexity index is 953. The number of rotatable bonds is 4. The number of ether oxygens (including phenoxy) is 1. The van der Waals surface area contributed by atoms with Crippen molar-refractivity contribution in [2.75, 3.05) is 17.0 Å². The largest absolute Gasteiger partial charge is 0.497 e. The molecule has 0 aliphatic carbocycles. The number of ketones is 1. The van der Waals surface area contributed by atoms with Crippen molar-refractivity contribution >= 4 is 34.7 Å². The normalized spacial score (nSPS) is 21.3. The Balaban J connectivity index is 1.78. The molecule has 2 aliphatic rings. The van der Waals surface area contributed by atoms with Crippen molar-refractivity contribution in [2.24, 2.45) is 11.0 Å². The van der Waals surface area contributed by atoms with Gasteiger partial charge in [0.2, 0.25) is 5.91 Å². The van der Waals surface area contributed by atoms with E-state index in [2.05, 4.69) is 5.10 Å². The van der Waals surface area contributed by atoms with Crippen LogP contribution < -0.4 is 14.6 Å². The molecular weight excluding hydrogens is 346 g/mol. The van der Waals surface area contributed by atoms with Gasteiger partial charge < -0.3 is 4.74 Å². The Morgan fingerprint density at radius 2 is 1.63 bits per heavy atom. The Hall–Kier alpha value is -3.48. The minimum atomic E-state index is -0.905. The van der Waals surface area contributed by atoms with Gasteiger partial charge in [-0.25, -0.2) is 4.90 Å². The smallest absolute Gasteiger partial charge is 0.259 e. The SMILES string of the molecule is COc1ccc(N2N=C(C(C)=O)[C@@H]3C(=O)N(c4ccccc4)C(=O)[C@H]32)cc1. The van der Waals surface area contributed by atoms with E-state index in [1.54, 1.807) is 55.6 Å². The molecule has 27 heavy (non-hydrogen) atoms. The first-order valence-corrected chi connectivity index (χ1v) is 8.48. The number of hydrogen-bond acceptors (Lipinski definition) is 6. The minimum absolute atomic E-state index is 0.104. The average molecular weight is 363 g/mol. The first-order valence-electron chi connectivity index (χ1n) is 8.48. The molecule has 2 amide bonds. The van der Waals surface area contributed by atoms with Crippen molar-refractivity contribution in [3.05, 3.63) is 54.6 Å². The lowest BCUT2D eigenvalue weighted by Gasteiger charge is -2.22. The molecule has 2 aliphatic heterocycles. The number of nitrogens with zero attached hydrogens (tertiary/aromatic N) is 3. The lowest BCUT2D eigenvalue weighted by Crippen LogP contribution is -2.39. The molecule has 2 heterocycles. The number of imide groups is 1. The van der Waals surface area contributed by atoms with Crippen molar-refractivity contribution in [3.8, 4) is 5.75 Å². The van der Waals surface area contributed by atoms with Crippen LogP contribution in [0.15, 0.2) is 59.7 Å². The van der Waals surface area contributed by atoms with Crippen LogP contribution >= 0.6 is 0 Å². The van der Waals surface area contributed by atoms with E-state index in [1.165, 1.54) is 11.9 Å². The van der Waals surface area contributed by atoms with E-state index in [0.717, 1.165) is 4.90 Å². The van der Waals surface area contributed by atoms with E-state index in [0.29, 0.717) is 17.1 Å². The van der Waals surface area contributed by atoms with Gasteiger partial charge in [-0.2, -0.15) is 5.10 Å².